The number of benzene rings is 2. The van der Waals surface area contributed by atoms with Gasteiger partial charge in [-0.05, 0) is 80.7 Å². The van der Waals surface area contributed by atoms with E-state index in [9.17, 15) is 21.6 Å². The molecule has 0 radical (unpaired) electrons. The summed E-state index contributed by atoms with van der Waals surface area (Å²) in [5, 5.41) is 15.7. The van der Waals surface area contributed by atoms with Gasteiger partial charge in [0.15, 0.2) is 0 Å². The molecule has 0 atom stereocenters. The van der Waals surface area contributed by atoms with Gasteiger partial charge in [0.1, 0.15) is 6.54 Å². The highest BCUT2D eigenvalue weighted by Crippen LogP contribution is 2.33. The number of hydrogen-bond donors (Lipinski definition) is 4. The average molecular weight is 520 g/mol. The predicted octanol–water partition coefficient (Wildman–Crippen LogP) is 3.79. The van der Waals surface area contributed by atoms with Gasteiger partial charge in [0.25, 0.3) is 0 Å². The van der Waals surface area contributed by atoms with Crippen molar-refractivity contribution in [3.8, 4) is 11.8 Å². The molecule has 4 rings (SSSR count). The maximum absolute atomic E-state index is 13.4. The molecule has 7 nitrogen and oxygen atoms in total. The fourth-order valence-electron chi connectivity index (χ4n) is 4.30. The summed E-state index contributed by atoms with van der Waals surface area (Å²) >= 11 is 0. The van der Waals surface area contributed by atoms with Crippen LogP contribution in [0.15, 0.2) is 47.4 Å². The highest BCUT2D eigenvalue weighted by molar-refractivity contribution is 7.89. The average Bonchev–Trinajstić information content (AvgIpc) is 3.15. The van der Waals surface area contributed by atoms with Crippen LogP contribution in [0.5, 0.6) is 0 Å². The predicted molar refractivity (Wildman–Crippen MR) is 135 cm³/mol. The van der Waals surface area contributed by atoms with Crippen molar-refractivity contribution in [3.05, 3.63) is 53.7 Å². The van der Waals surface area contributed by atoms with E-state index in [0.29, 0.717) is 16.6 Å². The van der Waals surface area contributed by atoms with Crippen molar-refractivity contribution in [2.24, 2.45) is 5.14 Å². The first-order valence-corrected chi connectivity index (χ1v) is 13.1. The largest absolute Gasteiger partial charge is 0.406 e. The van der Waals surface area contributed by atoms with Gasteiger partial charge in [0, 0.05) is 22.8 Å². The van der Waals surface area contributed by atoms with Crippen LogP contribution >= 0.6 is 0 Å². The Labute approximate surface area is 208 Å². The Bertz CT molecular complexity index is 1400. The van der Waals surface area contributed by atoms with Crippen molar-refractivity contribution in [2.45, 2.75) is 43.4 Å². The fourth-order valence-corrected chi connectivity index (χ4v) is 4.82. The molecule has 0 spiro atoms. The lowest BCUT2D eigenvalue weighted by Crippen LogP contribution is -2.35. The molecule has 36 heavy (non-hydrogen) atoms. The standard InChI is InChI=1S/C25H28F3N5O2S/c1-17-4-9-23-22(24(17)32-19-10-13-30-14-11-19)15-20(33(23)16-25(26,27)28)3-2-12-31-18-5-7-21(8-6-18)36(29,34)35/h4-9,15,19,30-32H,10-14,16H2,1H3,(H2,29,34,35). The Morgan fingerprint density at radius 1 is 1.14 bits per heavy atom. The molecule has 1 aromatic heterocycles. The maximum Gasteiger partial charge on any atom is 0.406 e. The van der Waals surface area contributed by atoms with Crippen molar-refractivity contribution >= 4 is 32.3 Å². The lowest BCUT2D eigenvalue weighted by Gasteiger charge is -2.26. The van der Waals surface area contributed by atoms with E-state index < -0.39 is 22.7 Å². The number of anilines is 2. The number of piperidine rings is 1. The van der Waals surface area contributed by atoms with Crippen LogP contribution in [0.25, 0.3) is 10.9 Å². The van der Waals surface area contributed by atoms with Crippen LogP contribution in [0.4, 0.5) is 24.5 Å². The molecule has 1 fully saturated rings. The summed E-state index contributed by atoms with van der Waals surface area (Å²) in [5.41, 5.74) is 3.17. The van der Waals surface area contributed by atoms with Crippen molar-refractivity contribution < 1.29 is 21.6 Å². The number of aromatic nitrogens is 1. The highest BCUT2D eigenvalue weighted by Gasteiger charge is 2.30. The quantitative estimate of drug-likeness (QED) is 0.372. The van der Waals surface area contributed by atoms with E-state index in [1.54, 1.807) is 24.3 Å². The zero-order valence-corrected chi connectivity index (χ0v) is 20.6. The first-order valence-electron chi connectivity index (χ1n) is 11.5. The number of fused-ring (bicyclic) bond motifs is 1. The third-order valence-electron chi connectivity index (χ3n) is 6.10. The van der Waals surface area contributed by atoms with Gasteiger partial charge >= 0.3 is 6.18 Å². The summed E-state index contributed by atoms with van der Waals surface area (Å²) in [6.45, 7) is 2.76. The third-order valence-corrected chi connectivity index (χ3v) is 7.03. The monoisotopic (exact) mass is 519 g/mol. The minimum Gasteiger partial charge on any atom is -0.381 e. The summed E-state index contributed by atoms with van der Waals surface area (Å²) in [7, 11) is -3.79. The number of nitrogens with two attached hydrogens (primary N) is 1. The molecule has 0 saturated carbocycles. The fraction of sp³-hybridized carbons (Fsp3) is 0.360. The minimum atomic E-state index is -4.40. The van der Waals surface area contributed by atoms with Crippen LogP contribution in [0.2, 0.25) is 0 Å². The van der Waals surface area contributed by atoms with Gasteiger partial charge in [-0.25, -0.2) is 13.6 Å². The second kappa shape index (κ2) is 10.4. The molecule has 0 bridgehead atoms. The number of primary sulfonamides is 1. The Morgan fingerprint density at radius 2 is 1.83 bits per heavy atom. The number of halogens is 3. The Balaban J connectivity index is 1.61. The molecule has 0 aliphatic carbocycles. The lowest BCUT2D eigenvalue weighted by molar-refractivity contribution is -0.140. The van der Waals surface area contributed by atoms with Crippen LogP contribution in [0.1, 0.15) is 24.1 Å². The van der Waals surface area contributed by atoms with E-state index in [1.165, 1.54) is 16.7 Å². The van der Waals surface area contributed by atoms with Gasteiger partial charge in [0.05, 0.1) is 22.7 Å². The van der Waals surface area contributed by atoms with Crippen molar-refractivity contribution in [1.82, 2.24) is 9.88 Å². The van der Waals surface area contributed by atoms with Gasteiger partial charge in [0.2, 0.25) is 10.0 Å². The number of alkyl halides is 3. The van der Waals surface area contributed by atoms with Crippen molar-refractivity contribution in [1.29, 1.82) is 0 Å². The Hall–Kier alpha value is -3.20. The van der Waals surface area contributed by atoms with Gasteiger partial charge in [-0.1, -0.05) is 12.0 Å². The van der Waals surface area contributed by atoms with Gasteiger partial charge in [-0.3, -0.25) is 0 Å². The Morgan fingerprint density at radius 3 is 2.47 bits per heavy atom. The first kappa shape index (κ1) is 25.9. The number of hydrogen-bond acceptors (Lipinski definition) is 5. The van der Waals surface area contributed by atoms with Crippen LogP contribution < -0.4 is 21.1 Å². The topological polar surface area (TPSA) is 101 Å². The molecule has 1 aliphatic heterocycles. The molecule has 11 heteroatoms. The van der Waals surface area contributed by atoms with Crippen molar-refractivity contribution in [3.63, 3.8) is 0 Å². The summed E-state index contributed by atoms with van der Waals surface area (Å²) < 4.78 is 64.3. The number of aryl methyl sites for hydroxylation is 1. The van der Waals surface area contributed by atoms with E-state index in [1.807, 2.05) is 13.0 Å². The molecule has 5 N–H and O–H groups in total. The molecular formula is C25H28F3N5O2S. The number of nitrogens with zero attached hydrogens (tertiary/aromatic N) is 1. The van der Waals surface area contributed by atoms with E-state index in [-0.39, 0.29) is 23.2 Å². The van der Waals surface area contributed by atoms with Crippen LogP contribution in [0.3, 0.4) is 0 Å². The Kier molecular flexibility index (Phi) is 7.49. The summed E-state index contributed by atoms with van der Waals surface area (Å²) in [5.74, 6) is 5.76. The molecule has 192 valence electrons. The molecule has 0 unspecified atom stereocenters. The van der Waals surface area contributed by atoms with Crippen LogP contribution in [0, 0.1) is 18.8 Å². The lowest BCUT2D eigenvalue weighted by atomic mass is 10.0. The van der Waals surface area contributed by atoms with E-state index in [4.69, 9.17) is 5.14 Å². The van der Waals surface area contributed by atoms with Crippen LogP contribution in [-0.2, 0) is 16.6 Å². The zero-order valence-electron chi connectivity index (χ0n) is 19.7. The molecule has 2 heterocycles. The normalized spacial score (nSPS) is 14.9. The second-order valence-electron chi connectivity index (χ2n) is 8.81. The second-order valence-corrected chi connectivity index (χ2v) is 10.4. The number of rotatable bonds is 6. The molecule has 2 aromatic carbocycles. The maximum atomic E-state index is 13.4. The molecule has 1 saturated heterocycles. The minimum absolute atomic E-state index is 0.0139. The molecule has 1 aliphatic rings. The van der Waals surface area contributed by atoms with Gasteiger partial charge in [-0.15, -0.1) is 0 Å². The van der Waals surface area contributed by atoms with Gasteiger partial charge in [-0.2, -0.15) is 13.2 Å². The number of nitrogens with one attached hydrogen (secondary N) is 3. The van der Waals surface area contributed by atoms with E-state index >= 15 is 0 Å². The third kappa shape index (κ3) is 6.32. The first-order chi connectivity index (χ1) is 17.0. The van der Waals surface area contributed by atoms with Crippen LogP contribution in [-0.4, -0.2) is 44.8 Å². The van der Waals surface area contributed by atoms with E-state index in [0.717, 1.165) is 37.2 Å². The summed E-state index contributed by atoms with van der Waals surface area (Å²) in [6.07, 6.45) is -2.52. The smallest absolute Gasteiger partial charge is 0.381 e. The SMILES string of the molecule is Cc1ccc2c(cc(C#CCNc3ccc(S(N)(=O)=O)cc3)n2CC(F)(F)F)c1NC1CCNCC1. The van der Waals surface area contributed by atoms with Crippen molar-refractivity contribution in [2.75, 3.05) is 30.3 Å². The number of sulfonamides is 1. The highest BCUT2D eigenvalue weighted by atomic mass is 32.2. The van der Waals surface area contributed by atoms with E-state index in [2.05, 4.69) is 27.8 Å². The molecule has 0 amide bonds. The summed E-state index contributed by atoms with van der Waals surface area (Å²) in [4.78, 5) is -0.0139. The molecule has 3 aromatic rings. The molecular weight excluding hydrogens is 491 g/mol. The zero-order chi connectivity index (χ0) is 25.9. The van der Waals surface area contributed by atoms with Gasteiger partial charge < -0.3 is 20.5 Å². The summed E-state index contributed by atoms with van der Waals surface area (Å²) in [6, 6.07) is 11.3.